The van der Waals surface area contributed by atoms with E-state index < -0.39 is 0 Å². The van der Waals surface area contributed by atoms with Crippen molar-refractivity contribution < 1.29 is 4.74 Å². The van der Waals surface area contributed by atoms with Crippen molar-refractivity contribution in [2.45, 2.75) is 12.6 Å². The van der Waals surface area contributed by atoms with E-state index in [4.69, 9.17) is 4.74 Å². The van der Waals surface area contributed by atoms with Crippen molar-refractivity contribution >= 4 is 15.9 Å². The molecule has 0 aliphatic rings. The van der Waals surface area contributed by atoms with Gasteiger partial charge in [0.05, 0.1) is 13.2 Å². The highest BCUT2D eigenvalue weighted by Crippen LogP contribution is 2.18. The average Bonchev–Trinajstić information content (AvgIpc) is 2.48. The van der Waals surface area contributed by atoms with E-state index in [9.17, 15) is 5.26 Å². The van der Waals surface area contributed by atoms with Crippen LogP contribution in [0.5, 0.6) is 5.75 Å². The van der Waals surface area contributed by atoms with Gasteiger partial charge in [-0.05, 0) is 35.4 Å². The fraction of sp³-hybridized carbons (Fsp3) is 0.188. The van der Waals surface area contributed by atoms with Gasteiger partial charge in [-0.3, -0.25) is 5.32 Å². The first-order valence-corrected chi connectivity index (χ1v) is 7.03. The molecule has 0 aliphatic carbocycles. The maximum Gasteiger partial charge on any atom is 0.121 e. The minimum atomic E-state index is -0.324. The standard InChI is InChI=1S/C16H15BrN2O/c1-20-15-7-5-12(6-8-15)11-19-16(10-18)13-3-2-4-14(17)9-13/h2-9,16,19H,11H2,1H3. The van der Waals surface area contributed by atoms with E-state index in [0.29, 0.717) is 6.54 Å². The van der Waals surface area contributed by atoms with Crippen LogP contribution in [0.25, 0.3) is 0 Å². The van der Waals surface area contributed by atoms with E-state index in [2.05, 4.69) is 27.3 Å². The largest absolute Gasteiger partial charge is 0.497 e. The smallest absolute Gasteiger partial charge is 0.121 e. The maximum absolute atomic E-state index is 9.28. The summed E-state index contributed by atoms with van der Waals surface area (Å²) in [7, 11) is 1.65. The number of nitriles is 1. The van der Waals surface area contributed by atoms with Crippen LogP contribution in [-0.4, -0.2) is 7.11 Å². The first-order chi connectivity index (χ1) is 9.72. The van der Waals surface area contributed by atoms with Crippen molar-refractivity contribution in [1.29, 1.82) is 5.26 Å². The number of benzene rings is 2. The highest BCUT2D eigenvalue weighted by molar-refractivity contribution is 9.10. The number of hydrogen-bond acceptors (Lipinski definition) is 3. The summed E-state index contributed by atoms with van der Waals surface area (Å²) in [5.74, 6) is 0.831. The highest BCUT2D eigenvalue weighted by atomic mass is 79.9. The van der Waals surface area contributed by atoms with Crippen LogP contribution in [0.2, 0.25) is 0 Å². The van der Waals surface area contributed by atoms with Crippen molar-refractivity contribution in [1.82, 2.24) is 5.32 Å². The van der Waals surface area contributed by atoms with Gasteiger partial charge in [0.2, 0.25) is 0 Å². The molecule has 1 atom stereocenters. The van der Waals surface area contributed by atoms with Gasteiger partial charge in [-0.2, -0.15) is 5.26 Å². The minimum absolute atomic E-state index is 0.324. The lowest BCUT2D eigenvalue weighted by atomic mass is 10.1. The van der Waals surface area contributed by atoms with Crippen molar-refractivity contribution in [3.63, 3.8) is 0 Å². The molecule has 0 heterocycles. The second-order valence-corrected chi connectivity index (χ2v) is 5.26. The number of methoxy groups -OCH3 is 1. The molecule has 2 aromatic rings. The van der Waals surface area contributed by atoms with Gasteiger partial charge in [-0.25, -0.2) is 0 Å². The second-order valence-electron chi connectivity index (χ2n) is 4.35. The van der Waals surface area contributed by atoms with Gasteiger partial charge in [-0.15, -0.1) is 0 Å². The van der Waals surface area contributed by atoms with Crippen LogP contribution in [0.15, 0.2) is 53.0 Å². The summed E-state index contributed by atoms with van der Waals surface area (Å²) in [4.78, 5) is 0. The second kappa shape index (κ2) is 7.09. The van der Waals surface area contributed by atoms with Gasteiger partial charge >= 0.3 is 0 Å². The predicted octanol–water partition coefficient (Wildman–Crippen LogP) is 3.81. The predicted molar refractivity (Wildman–Crippen MR) is 82.3 cm³/mol. The summed E-state index contributed by atoms with van der Waals surface area (Å²) in [5.41, 5.74) is 2.07. The summed E-state index contributed by atoms with van der Waals surface area (Å²) in [6, 6.07) is 17.5. The number of hydrogen-bond donors (Lipinski definition) is 1. The van der Waals surface area contributed by atoms with Gasteiger partial charge in [0.25, 0.3) is 0 Å². The minimum Gasteiger partial charge on any atom is -0.497 e. The highest BCUT2D eigenvalue weighted by Gasteiger charge is 2.09. The van der Waals surface area contributed by atoms with Crippen LogP contribution in [-0.2, 0) is 6.54 Å². The zero-order valence-electron chi connectivity index (χ0n) is 11.1. The normalized spacial score (nSPS) is 11.7. The Hall–Kier alpha value is -1.83. The van der Waals surface area contributed by atoms with Gasteiger partial charge in [0.15, 0.2) is 0 Å². The van der Waals surface area contributed by atoms with E-state index in [1.54, 1.807) is 7.11 Å². The summed E-state index contributed by atoms with van der Waals surface area (Å²) >= 11 is 3.42. The molecule has 1 unspecified atom stereocenters. The SMILES string of the molecule is COc1ccc(CNC(C#N)c2cccc(Br)c2)cc1. The molecule has 102 valence electrons. The van der Waals surface area contributed by atoms with E-state index >= 15 is 0 Å². The first-order valence-electron chi connectivity index (χ1n) is 6.24. The number of halogens is 1. The average molecular weight is 331 g/mol. The fourth-order valence-electron chi connectivity index (χ4n) is 1.89. The van der Waals surface area contributed by atoms with Gasteiger partial charge in [0, 0.05) is 11.0 Å². The number of rotatable bonds is 5. The third kappa shape index (κ3) is 3.83. The molecule has 0 saturated carbocycles. The molecule has 0 aromatic heterocycles. The third-order valence-electron chi connectivity index (χ3n) is 2.98. The fourth-order valence-corrected chi connectivity index (χ4v) is 2.30. The number of nitrogens with zero attached hydrogens (tertiary/aromatic N) is 1. The number of ether oxygens (including phenoxy) is 1. The van der Waals surface area contributed by atoms with E-state index in [-0.39, 0.29) is 6.04 Å². The van der Waals surface area contributed by atoms with Crippen molar-refractivity contribution in [3.05, 3.63) is 64.1 Å². The monoisotopic (exact) mass is 330 g/mol. The van der Waals surface area contributed by atoms with Gasteiger partial charge < -0.3 is 4.74 Å². The van der Waals surface area contributed by atoms with E-state index in [1.807, 2.05) is 48.5 Å². The Balaban J connectivity index is 2.02. The molecule has 0 spiro atoms. The molecule has 0 radical (unpaired) electrons. The van der Waals surface area contributed by atoms with E-state index in [1.165, 1.54) is 0 Å². The van der Waals surface area contributed by atoms with Crippen molar-refractivity contribution in [2.24, 2.45) is 0 Å². The van der Waals surface area contributed by atoms with Gasteiger partial charge in [0.1, 0.15) is 11.8 Å². The molecular weight excluding hydrogens is 316 g/mol. The Morgan fingerprint density at radius 3 is 2.60 bits per heavy atom. The zero-order valence-corrected chi connectivity index (χ0v) is 12.7. The molecular formula is C16H15BrN2O. The third-order valence-corrected chi connectivity index (χ3v) is 3.47. The van der Waals surface area contributed by atoms with Crippen LogP contribution in [0.4, 0.5) is 0 Å². The van der Waals surface area contributed by atoms with E-state index in [0.717, 1.165) is 21.3 Å². The Morgan fingerprint density at radius 2 is 2.00 bits per heavy atom. The Morgan fingerprint density at radius 1 is 1.25 bits per heavy atom. The molecule has 0 amide bonds. The van der Waals surface area contributed by atoms with Crippen LogP contribution in [0, 0.1) is 11.3 Å². The van der Waals surface area contributed by atoms with Crippen molar-refractivity contribution in [2.75, 3.05) is 7.11 Å². The zero-order chi connectivity index (χ0) is 14.4. The molecule has 0 aliphatic heterocycles. The first kappa shape index (κ1) is 14.6. The van der Waals surface area contributed by atoms with Crippen LogP contribution in [0.3, 0.4) is 0 Å². The number of nitrogens with one attached hydrogen (secondary N) is 1. The molecule has 2 aromatic carbocycles. The maximum atomic E-state index is 9.28. The molecule has 4 heteroatoms. The molecule has 0 fully saturated rings. The quantitative estimate of drug-likeness (QED) is 0.906. The molecule has 1 N–H and O–H groups in total. The van der Waals surface area contributed by atoms with Crippen LogP contribution in [0.1, 0.15) is 17.2 Å². The lowest BCUT2D eigenvalue weighted by Gasteiger charge is -2.12. The van der Waals surface area contributed by atoms with Crippen LogP contribution < -0.4 is 10.1 Å². The molecule has 0 bridgehead atoms. The van der Waals surface area contributed by atoms with Crippen LogP contribution >= 0.6 is 15.9 Å². The molecule has 2 rings (SSSR count). The summed E-state index contributed by atoms with van der Waals surface area (Å²) < 4.78 is 6.09. The summed E-state index contributed by atoms with van der Waals surface area (Å²) in [6.45, 7) is 0.634. The molecule has 0 saturated heterocycles. The van der Waals surface area contributed by atoms with Crippen molar-refractivity contribution in [3.8, 4) is 11.8 Å². The Bertz CT molecular complexity index is 605. The lowest BCUT2D eigenvalue weighted by Crippen LogP contribution is -2.19. The molecule has 20 heavy (non-hydrogen) atoms. The molecule has 3 nitrogen and oxygen atoms in total. The Labute approximate surface area is 127 Å². The Kier molecular flexibility index (Phi) is 5.16. The lowest BCUT2D eigenvalue weighted by molar-refractivity contribution is 0.414. The summed E-state index contributed by atoms with van der Waals surface area (Å²) in [5, 5.41) is 12.5. The summed E-state index contributed by atoms with van der Waals surface area (Å²) in [6.07, 6.45) is 0. The topological polar surface area (TPSA) is 45.0 Å². The van der Waals surface area contributed by atoms with Gasteiger partial charge in [-0.1, -0.05) is 40.2 Å².